The summed E-state index contributed by atoms with van der Waals surface area (Å²) in [4.78, 5) is 22.4. The smallest absolute Gasteiger partial charge is 0.158 e. The predicted octanol–water partition coefficient (Wildman–Crippen LogP) is 6.29. The molecule has 0 aliphatic heterocycles. The number of halogens is 1. The number of hydrogen-bond donors (Lipinski definition) is 3. The van der Waals surface area contributed by atoms with E-state index in [0.29, 0.717) is 16.5 Å². The van der Waals surface area contributed by atoms with Crippen LogP contribution in [0.15, 0.2) is 79.6 Å². The highest BCUT2D eigenvalue weighted by atomic mass is 35.5. The van der Waals surface area contributed by atoms with E-state index in [0.717, 1.165) is 44.9 Å². The number of ether oxygens (including phenoxy) is 1. The molecule has 0 radical (unpaired) electrons. The van der Waals surface area contributed by atoms with Gasteiger partial charge in [-0.05, 0) is 61.0 Å². The highest BCUT2D eigenvalue weighted by Gasteiger charge is 2.08. The first kappa shape index (κ1) is 22.8. The quantitative estimate of drug-likeness (QED) is 0.246. The average Bonchev–Trinajstić information content (AvgIpc) is 3.57. The zero-order valence-corrected chi connectivity index (χ0v) is 19.8. The Labute approximate surface area is 210 Å². The molecule has 6 aromatic rings. The van der Waals surface area contributed by atoms with E-state index >= 15 is 0 Å². The zero-order valence-electron chi connectivity index (χ0n) is 19.0. The van der Waals surface area contributed by atoms with Crippen LogP contribution in [-0.2, 0) is 0 Å². The number of aromatic amines is 2. The second-order valence-corrected chi connectivity index (χ2v) is 8.07. The highest BCUT2D eigenvalue weighted by molar-refractivity contribution is 6.33. The second-order valence-electron chi connectivity index (χ2n) is 7.71. The molecule has 10 heteroatoms. The van der Waals surface area contributed by atoms with Crippen LogP contribution in [0.2, 0.25) is 5.15 Å². The summed E-state index contributed by atoms with van der Waals surface area (Å²) in [6.45, 7) is 1.97. The fourth-order valence-electron chi connectivity index (χ4n) is 3.54. The number of H-pyrrole nitrogens is 2. The van der Waals surface area contributed by atoms with Crippen molar-refractivity contribution in [2.75, 3.05) is 5.32 Å². The molecule has 0 spiro atoms. The summed E-state index contributed by atoms with van der Waals surface area (Å²) in [5, 5.41) is 12.8. The molecule has 0 unspecified atom stereocenters. The van der Waals surface area contributed by atoms with Gasteiger partial charge in [-0.25, -0.2) is 19.9 Å². The van der Waals surface area contributed by atoms with Crippen LogP contribution in [0.5, 0.6) is 11.5 Å². The average molecular weight is 495 g/mol. The molecule has 0 fully saturated rings. The van der Waals surface area contributed by atoms with Gasteiger partial charge in [0.15, 0.2) is 11.0 Å². The van der Waals surface area contributed by atoms with E-state index in [1.165, 1.54) is 12.7 Å². The number of hydrogen-bond acceptors (Lipinski definition) is 7. The third-order valence-corrected chi connectivity index (χ3v) is 5.56. The van der Waals surface area contributed by atoms with Gasteiger partial charge in [0, 0.05) is 18.1 Å². The summed E-state index contributed by atoms with van der Waals surface area (Å²) in [5.41, 5.74) is 5.79. The summed E-state index contributed by atoms with van der Waals surface area (Å²) in [6.07, 6.45) is 6.59. The molecule has 4 heterocycles. The van der Waals surface area contributed by atoms with Crippen LogP contribution in [0.25, 0.3) is 22.1 Å². The number of aryl methyl sites for hydroxylation is 1. The molecule has 0 saturated carbocycles. The van der Waals surface area contributed by atoms with E-state index in [9.17, 15) is 0 Å². The first-order valence-corrected chi connectivity index (χ1v) is 11.3. The number of aromatic nitrogens is 6. The number of nitriles is 1. The van der Waals surface area contributed by atoms with Crippen molar-refractivity contribution in [3.05, 3.63) is 95.9 Å². The lowest BCUT2D eigenvalue weighted by Gasteiger charge is -2.12. The minimum Gasteiger partial charge on any atom is -0.457 e. The SMILES string of the molecule is Cc1cc(Nc2ncnc3cc[nH]c23)ccc1Oc1cccc(C#N)c1.Clc1ncnc2cc[nH]c12. The standard InChI is InChI=1S/C20H15N5O.C6H4ClN3/c1-13-9-15(25-20-19-17(7-8-22-19)23-12-24-20)5-6-18(13)26-16-4-2-3-14(10-16)11-21;7-6-5-4(1-2-8-5)9-3-10-6/h2-10,12,22H,1H3,(H,23,24,25);1-3,8H. The Balaban J connectivity index is 0.000000222. The lowest BCUT2D eigenvalue weighted by Crippen LogP contribution is -1.97. The summed E-state index contributed by atoms with van der Waals surface area (Å²) in [7, 11) is 0. The van der Waals surface area contributed by atoms with Gasteiger partial charge in [0.05, 0.1) is 22.7 Å². The summed E-state index contributed by atoms with van der Waals surface area (Å²) in [6, 6.07) is 18.8. The van der Waals surface area contributed by atoms with E-state index < -0.39 is 0 Å². The normalized spacial score (nSPS) is 10.5. The first-order chi connectivity index (χ1) is 17.6. The van der Waals surface area contributed by atoms with Gasteiger partial charge in [0.1, 0.15) is 35.2 Å². The van der Waals surface area contributed by atoms with Crippen LogP contribution >= 0.6 is 11.6 Å². The maximum absolute atomic E-state index is 8.99. The van der Waals surface area contributed by atoms with Crippen molar-refractivity contribution >= 4 is 45.2 Å². The molecule has 0 aliphatic rings. The minimum absolute atomic E-state index is 0.468. The van der Waals surface area contributed by atoms with Gasteiger partial charge in [-0.15, -0.1) is 0 Å². The van der Waals surface area contributed by atoms with Gasteiger partial charge < -0.3 is 20.0 Å². The molecule has 0 aliphatic carbocycles. The van der Waals surface area contributed by atoms with Crippen LogP contribution in [0.3, 0.4) is 0 Å². The van der Waals surface area contributed by atoms with Crippen LogP contribution in [0.1, 0.15) is 11.1 Å². The summed E-state index contributed by atoms with van der Waals surface area (Å²) in [5.74, 6) is 2.09. The maximum Gasteiger partial charge on any atom is 0.158 e. The molecule has 3 N–H and O–H groups in total. The molecule has 2 aromatic carbocycles. The molecular formula is C26H19ClN8O. The number of fused-ring (bicyclic) bond motifs is 2. The van der Waals surface area contributed by atoms with Crippen molar-refractivity contribution in [2.45, 2.75) is 6.92 Å². The van der Waals surface area contributed by atoms with Crippen molar-refractivity contribution in [1.29, 1.82) is 5.26 Å². The van der Waals surface area contributed by atoms with Crippen molar-refractivity contribution < 1.29 is 4.74 Å². The van der Waals surface area contributed by atoms with Gasteiger partial charge in [-0.1, -0.05) is 17.7 Å². The monoisotopic (exact) mass is 494 g/mol. The zero-order chi connectivity index (χ0) is 24.9. The molecule has 9 nitrogen and oxygen atoms in total. The number of nitrogens with one attached hydrogen (secondary N) is 3. The van der Waals surface area contributed by atoms with Crippen molar-refractivity contribution in [3.8, 4) is 17.6 Å². The second kappa shape index (κ2) is 10.1. The topological polar surface area (TPSA) is 128 Å². The Morgan fingerprint density at radius 3 is 2.39 bits per heavy atom. The highest BCUT2D eigenvalue weighted by Crippen LogP contribution is 2.29. The predicted molar refractivity (Wildman–Crippen MR) is 138 cm³/mol. The van der Waals surface area contributed by atoms with E-state index in [4.69, 9.17) is 21.6 Å². The molecule has 0 bridgehead atoms. The fourth-order valence-corrected chi connectivity index (χ4v) is 3.74. The Kier molecular flexibility index (Phi) is 6.42. The molecule has 0 saturated heterocycles. The first-order valence-electron chi connectivity index (χ1n) is 10.9. The number of rotatable bonds is 4. The van der Waals surface area contributed by atoms with Gasteiger partial charge >= 0.3 is 0 Å². The fraction of sp³-hybridized carbons (Fsp3) is 0.0385. The van der Waals surface area contributed by atoms with Crippen LogP contribution in [0.4, 0.5) is 11.5 Å². The van der Waals surface area contributed by atoms with E-state index in [-0.39, 0.29) is 0 Å². The Hall–Kier alpha value is -4.94. The molecular weight excluding hydrogens is 476 g/mol. The molecule has 0 atom stereocenters. The van der Waals surface area contributed by atoms with Crippen LogP contribution < -0.4 is 10.1 Å². The Morgan fingerprint density at radius 2 is 1.64 bits per heavy atom. The number of benzene rings is 2. The van der Waals surface area contributed by atoms with E-state index in [1.807, 2.05) is 49.5 Å². The van der Waals surface area contributed by atoms with Gasteiger partial charge in [0.2, 0.25) is 0 Å². The van der Waals surface area contributed by atoms with Crippen LogP contribution in [0, 0.1) is 18.3 Å². The van der Waals surface area contributed by atoms with Crippen LogP contribution in [-0.4, -0.2) is 29.9 Å². The third-order valence-electron chi connectivity index (χ3n) is 5.27. The van der Waals surface area contributed by atoms with E-state index in [2.05, 4.69) is 41.3 Å². The minimum atomic E-state index is 0.468. The lowest BCUT2D eigenvalue weighted by molar-refractivity contribution is 0.479. The lowest BCUT2D eigenvalue weighted by atomic mass is 10.2. The van der Waals surface area contributed by atoms with Gasteiger partial charge in [-0.2, -0.15) is 5.26 Å². The molecule has 0 amide bonds. The molecule has 36 heavy (non-hydrogen) atoms. The third kappa shape index (κ3) is 4.94. The molecule has 6 rings (SSSR count). The largest absolute Gasteiger partial charge is 0.457 e. The van der Waals surface area contributed by atoms with Crippen molar-refractivity contribution in [1.82, 2.24) is 29.9 Å². The molecule has 176 valence electrons. The Morgan fingerprint density at radius 1 is 0.889 bits per heavy atom. The summed E-state index contributed by atoms with van der Waals surface area (Å²) < 4.78 is 5.90. The summed E-state index contributed by atoms with van der Waals surface area (Å²) >= 11 is 5.72. The van der Waals surface area contributed by atoms with Gasteiger partial charge in [-0.3, -0.25) is 0 Å². The number of nitrogens with zero attached hydrogens (tertiary/aromatic N) is 5. The molecule has 4 aromatic heterocycles. The Bertz CT molecular complexity index is 1700. The number of anilines is 2. The van der Waals surface area contributed by atoms with Crippen molar-refractivity contribution in [3.63, 3.8) is 0 Å². The maximum atomic E-state index is 8.99. The van der Waals surface area contributed by atoms with Gasteiger partial charge in [0.25, 0.3) is 0 Å². The van der Waals surface area contributed by atoms with E-state index in [1.54, 1.807) is 24.4 Å². The van der Waals surface area contributed by atoms with Crippen molar-refractivity contribution in [2.24, 2.45) is 0 Å².